The summed E-state index contributed by atoms with van der Waals surface area (Å²) in [5, 5.41) is 59.3. The van der Waals surface area contributed by atoms with Gasteiger partial charge in [-0.05, 0) is 70.8 Å². The van der Waals surface area contributed by atoms with Gasteiger partial charge in [0.25, 0.3) is 0 Å². The van der Waals surface area contributed by atoms with Gasteiger partial charge in [0.15, 0.2) is 0 Å². The number of aliphatic carboxylic acids is 1. The highest BCUT2D eigenvalue weighted by atomic mass is 16.4. The van der Waals surface area contributed by atoms with E-state index in [2.05, 4.69) is 59.6 Å². The van der Waals surface area contributed by atoms with E-state index in [0.29, 0.717) is 48.8 Å². The number of aliphatic hydroxyl groups excluding tert-OH is 2. The summed E-state index contributed by atoms with van der Waals surface area (Å²) in [6.45, 7) is 6.28. The largest absolute Gasteiger partial charge is 0.481 e. The molecule has 10 aromatic rings. The van der Waals surface area contributed by atoms with Gasteiger partial charge in [-0.15, -0.1) is 0 Å². The number of nitrogens with one attached hydrogen (secondary N) is 1. The lowest BCUT2D eigenvalue weighted by atomic mass is 10.1. The first-order valence-electron chi connectivity index (χ1n) is 26.3. The Labute approximate surface area is 466 Å². The van der Waals surface area contributed by atoms with Crippen LogP contribution in [0, 0.1) is 22.7 Å². The Morgan fingerprint density at radius 3 is 1.41 bits per heavy atom. The second kappa shape index (κ2) is 24.7. The van der Waals surface area contributed by atoms with E-state index in [1.165, 1.54) is 0 Å². The van der Waals surface area contributed by atoms with Crippen LogP contribution in [-0.4, -0.2) is 133 Å². The van der Waals surface area contributed by atoms with Crippen molar-refractivity contribution in [2.24, 2.45) is 14.1 Å². The number of hydrogen-bond donors (Lipinski definition) is 4. The molecule has 0 saturated carbocycles. The van der Waals surface area contributed by atoms with Crippen LogP contribution in [0.15, 0.2) is 159 Å². The van der Waals surface area contributed by atoms with Crippen molar-refractivity contribution < 1.29 is 24.9 Å². The minimum atomic E-state index is -0.994. The minimum absolute atomic E-state index is 0.0505. The van der Waals surface area contributed by atoms with Gasteiger partial charge in [0.05, 0.1) is 61.2 Å². The number of carboxylic acids is 1. The number of carbonyl (C=O) groups excluding carboxylic acids is 1. The summed E-state index contributed by atoms with van der Waals surface area (Å²) in [5.41, 5.74) is 11.2. The number of imidazole rings is 2. The molecule has 2 fully saturated rings. The number of aryl methyl sites for hydroxylation is 2. The van der Waals surface area contributed by atoms with E-state index in [4.69, 9.17) is 15.1 Å². The summed E-state index contributed by atoms with van der Waals surface area (Å²) < 4.78 is 7.24. The molecular formula is C60H58N16O5. The number of pyridine rings is 4. The van der Waals surface area contributed by atoms with Crippen LogP contribution in [0.3, 0.4) is 0 Å². The van der Waals surface area contributed by atoms with Crippen LogP contribution in [0.2, 0.25) is 0 Å². The summed E-state index contributed by atoms with van der Waals surface area (Å²) in [6.07, 6.45) is 12.5. The van der Waals surface area contributed by atoms with E-state index in [0.717, 1.165) is 93.8 Å². The zero-order valence-corrected chi connectivity index (χ0v) is 44.6. The zero-order chi connectivity index (χ0) is 56.4. The Morgan fingerprint density at radius 1 is 0.543 bits per heavy atom. The normalized spacial score (nSPS) is 14.0. The van der Waals surface area contributed by atoms with E-state index in [1.807, 2.05) is 127 Å². The third kappa shape index (κ3) is 12.6. The molecule has 1 amide bonds. The third-order valence-electron chi connectivity index (χ3n) is 14.1. The van der Waals surface area contributed by atoms with Crippen molar-refractivity contribution in [1.29, 1.82) is 10.5 Å². The lowest BCUT2D eigenvalue weighted by molar-refractivity contribution is -0.139. The Balaban J connectivity index is 0.000000156. The number of carbonyl (C=O) groups is 2. The number of hydrogen-bond acceptors (Lipinski definition) is 15. The maximum Gasteiger partial charge on any atom is 0.306 e. The molecule has 8 aromatic heterocycles. The molecule has 2 aliphatic heterocycles. The van der Waals surface area contributed by atoms with Gasteiger partial charge in [0.2, 0.25) is 5.91 Å². The van der Waals surface area contributed by atoms with Crippen LogP contribution in [0.25, 0.3) is 56.1 Å². The molecule has 2 atom stereocenters. The average molecular weight is 1080 g/mol. The number of aromatic nitrogens is 10. The molecule has 0 aliphatic carbocycles. The zero-order valence-electron chi connectivity index (χ0n) is 44.6. The molecule has 21 nitrogen and oxygen atoms in total. The quantitative estimate of drug-likeness (QED) is 0.0990. The average Bonchev–Trinajstić information content (AvgIpc) is 4.40. The molecule has 12 rings (SSSR count). The van der Waals surface area contributed by atoms with Gasteiger partial charge in [-0.25, -0.2) is 19.9 Å². The molecule has 0 unspecified atom stereocenters. The van der Waals surface area contributed by atoms with Gasteiger partial charge in [-0.2, -0.15) is 20.7 Å². The fourth-order valence-corrected chi connectivity index (χ4v) is 9.86. The Kier molecular flexibility index (Phi) is 16.6. The van der Waals surface area contributed by atoms with Gasteiger partial charge in [0.1, 0.15) is 46.5 Å². The van der Waals surface area contributed by atoms with Gasteiger partial charge in [0, 0.05) is 113 Å². The molecule has 2 aliphatic rings. The minimum Gasteiger partial charge on any atom is -0.481 e. The molecule has 0 radical (unpaired) electrons. The summed E-state index contributed by atoms with van der Waals surface area (Å²) in [4.78, 5) is 47.6. The maximum absolute atomic E-state index is 12.8. The Bertz CT molecular complexity index is 3870. The van der Waals surface area contributed by atoms with Crippen LogP contribution in [0.5, 0.6) is 0 Å². The van der Waals surface area contributed by atoms with E-state index < -0.39 is 18.2 Å². The van der Waals surface area contributed by atoms with Crippen LogP contribution in [0.1, 0.15) is 47.6 Å². The molecular weight excluding hydrogens is 1020 g/mol. The van der Waals surface area contributed by atoms with E-state index in [1.54, 1.807) is 57.1 Å². The monoisotopic (exact) mass is 1080 g/mol. The summed E-state index contributed by atoms with van der Waals surface area (Å²) in [5.74, 6) is 0.754. The van der Waals surface area contributed by atoms with Crippen LogP contribution in [0.4, 0.5) is 11.6 Å². The van der Waals surface area contributed by atoms with Crippen molar-refractivity contribution in [3.63, 3.8) is 0 Å². The highest BCUT2D eigenvalue weighted by Crippen LogP contribution is 2.32. The fourth-order valence-electron chi connectivity index (χ4n) is 9.86. The predicted octanol–water partition coefficient (Wildman–Crippen LogP) is 6.71. The number of nitrogens with zero attached hydrogens (tertiary/aromatic N) is 15. The lowest BCUT2D eigenvalue weighted by Gasteiger charge is -2.35. The molecule has 81 heavy (non-hydrogen) atoms. The number of anilines is 2. The molecule has 0 bridgehead atoms. The molecule has 0 spiro atoms. The van der Waals surface area contributed by atoms with Gasteiger partial charge in [-0.3, -0.25) is 27.8 Å². The standard InChI is InChI=1S/C30H28N8O2.C21H20N8.C9H10O3/c1-35-20-24(18-34-35)23-13-26(38-25(16-31)19-33-29(38)14-23)22-7-8-28(32-17-22)36-9-11-37(12-10-36)30(40)15-27(39)21-5-3-2-4-6-21;1-27-14-17(12-26-27)16-8-19(29-18(10-22)13-25-21(29)9-16)15-2-3-20(24-11-15)28-6-4-23-5-7-28;10-8(6-9(11)12)7-4-2-1-3-5-7/h2-8,13-14,17-20,27,39H,9-12,15H2,1H3;2-3,8-9,11-14,23H,4-7H2,1H3;1-5,8,10H,6H2,(H,11,12)/t27-;;8-/m1.1/s1. The summed E-state index contributed by atoms with van der Waals surface area (Å²) >= 11 is 0. The maximum atomic E-state index is 12.8. The number of benzene rings is 2. The number of nitriles is 2. The van der Waals surface area contributed by atoms with Crippen molar-refractivity contribution in [1.82, 2.24) is 58.5 Å². The molecule has 408 valence electrons. The van der Waals surface area contributed by atoms with Crippen LogP contribution in [-0.2, 0) is 23.7 Å². The van der Waals surface area contributed by atoms with Gasteiger partial charge < -0.3 is 35.3 Å². The predicted molar refractivity (Wildman–Crippen MR) is 304 cm³/mol. The van der Waals surface area contributed by atoms with Crippen molar-refractivity contribution in [3.05, 3.63) is 181 Å². The number of piperazine rings is 2. The summed E-state index contributed by atoms with van der Waals surface area (Å²) in [7, 11) is 3.77. The van der Waals surface area contributed by atoms with Crippen molar-refractivity contribution in [3.8, 4) is 56.9 Å². The molecule has 21 heteroatoms. The second-order valence-electron chi connectivity index (χ2n) is 19.5. The first-order valence-corrected chi connectivity index (χ1v) is 26.3. The topological polar surface area (TPSA) is 260 Å². The number of aliphatic hydroxyl groups is 2. The highest BCUT2D eigenvalue weighted by molar-refractivity contribution is 5.79. The Morgan fingerprint density at radius 2 is 1.00 bits per heavy atom. The van der Waals surface area contributed by atoms with Gasteiger partial charge in [-0.1, -0.05) is 60.7 Å². The SMILES string of the molecule is Cn1cc(-c2cc(-c3ccc(N4CCN(C(=O)C[C@@H](O)c5ccccc5)CC4)nc3)n3c(C#N)cnc3c2)cn1.Cn1cc(-c2cc(-c3ccc(N4CCNCC4)nc3)n3c(C#N)cnc3c2)cn1.O=C(O)C[C@@H](O)c1ccccc1. The third-order valence-corrected chi connectivity index (χ3v) is 14.1. The van der Waals surface area contributed by atoms with Crippen LogP contribution < -0.4 is 15.1 Å². The second-order valence-corrected chi connectivity index (χ2v) is 19.5. The number of fused-ring (bicyclic) bond motifs is 2. The number of amides is 1. The number of rotatable bonds is 12. The molecule has 2 aromatic carbocycles. The smallest absolute Gasteiger partial charge is 0.306 e. The van der Waals surface area contributed by atoms with E-state index in [9.17, 15) is 30.3 Å². The molecule has 4 N–H and O–H groups in total. The van der Waals surface area contributed by atoms with E-state index >= 15 is 0 Å². The Hall–Kier alpha value is -10.1. The first-order chi connectivity index (χ1) is 39.4. The lowest BCUT2D eigenvalue weighted by Crippen LogP contribution is -2.49. The number of carboxylic acid groups (broad SMARTS) is 1. The molecule has 2 saturated heterocycles. The first kappa shape index (κ1) is 54.3. The van der Waals surface area contributed by atoms with Crippen LogP contribution >= 0.6 is 0 Å². The van der Waals surface area contributed by atoms with Crippen molar-refractivity contribution in [2.75, 3.05) is 62.2 Å². The molecule has 10 heterocycles. The van der Waals surface area contributed by atoms with Gasteiger partial charge >= 0.3 is 5.97 Å². The van der Waals surface area contributed by atoms with E-state index in [-0.39, 0.29) is 18.7 Å². The fraction of sp³-hybridized carbons (Fsp3) is 0.233. The van der Waals surface area contributed by atoms with Crippen molar-refractivity contribution in [2.45, 2.75) is 25.0 Å². The highest BCUT2D eigenvalue weighted by Gasteiger charge is 2.25. The van der Waals surface area contributed by atoms with Crippen molar-refractivity contribution >= 4 is 34.8 Å². The summed E-state index contributed by atoms with van der Waals surface area (Å²) in [6, 6.07) is 38.6.